The van der Waals surface area contributed by atoms with Crippen molar-refractivity contribution in [3.63, 3.8) is 0 Å². The van der Waals surface area contributed by atoms with Gasteiger partial charge in [0.05, 0.1) is 6.61 Å². The molecule has 6 heteroatoms. The minimum absolute atomic E-state index is 0. The van der Waals surface area contributed by atoms with Crippen LogP contribution in [0.3, 0.4) is 0 Å². The summed E-state index contributed by atoms with van der Waals surface area (Å²) in [5.74, 6) is 0.887. The largest absolute Gasteiger partial charge is 1.00 e. The van der Waals surface area contributed by atoms with Gasteiger partial charge >= 0.3 is 19.5 Å². The molecule has 0 spiro atoms. The van der Waals surface area contributed by atoms with E-state index < -0.39 is 5.69 Å². The Balaban J connectivity index is 0. The summed E-state index contributed by atoms with van der Waals surface area (Å²) in [6, 6.07) is 0. The van der Waals surface area contributed by atoms with Crippen LogP contribution < -0.4 is 4.89 Å². The maximum Gasteiger partial charge on any atom is 1.00 e. The third kappa shape index (κ3) is 39.6. The monoisotopic (exact) mass is 697 g/mol. The minimum atomic E-state index is -2.87. The van der Waals surface area contributed by atoms with Crippen molar-refractivity contribution in [3.8, 4) is 0 Å². The fraction of sp³-hybridized carbons (Fsp3) is 1.00. The van der Waals surface area contributed by atoms with Crippen LogP contribution in [0.15, 0.2) is 0 Å². The summed E-state index contributed by atoms with van der Waals surface area (Å²) < 4.78 is 5.61. The molecular weight excluding hydrogens is 625 g/mol. The molecule has 0 saturated heterocycles. The molecule has 0 aromatic heterocycles. The normalized spacial score (nSPS) is 12.8. The Morgan fingerprint density at radius 2 is 0.667 bits per heavy atom. The number of hydrogen-bond acceptors (Lipinski definition) is 4. The number of hydrogen-bond donors (Lipinski definition) is 0. The molecule has 1 atom stereocenters. The van der Waals surface area contributed by atoms with Gasteiger partial charge in [-0.25, -0.2) is 0 Å². The molecule has 0 aliphatic heterocycles. The van der Waals surface area contributed by atoms with Gasteiger partial charge in [0.15, 0.2) is 0 Å². The molecule has 249 valence electrons. The standard InChI is InChI=1S/C36H75O2PS2.Zn/c1-3-5-7-9-11-13-15-17-19-21-23-25-27-29-31-33-35-38-39(37,40)41-36-34-32-30-28-26-24-22-20-18-16-14-12-10-8-6-4-2;/h3-36H2,1-2H3,(H,37,40);/q;+1/p-1. The Morgan fingerprint density at radius 1 is 0.429 bits per heavy atom. The molecule has 42 heavy (non-hydrogen) atoms. The molecule has 1 unspecified atom stereocenters. The van der Waals surface area contributed by atoms with Gasteiger partial charge in [-0.15, -0.1) is 11.4 Å². The van der Waals surface area contributed by atoms with Gasteiger partial charge in [0, 0.05) is 5.69 Å². The topological polar surface area (TPSA) is 32.3 Å². The van der Waals surface area contributed by atoms with E-state index in [-0.39, 0.29) is 19.5 Å². The van der Waals surface area contributed by atoms with Gasteiger partial charge in [-0.1, -0.05) is 218 Å². The maximum atomic E-state index is 12.5. The van der Waals surface area contributed by atoms with Crippen LogP contribution in [-0.2, 0) is 35.8 Å². The van der Waals surface area contributed by atoms with Crippen molar-refractivity contribution < 1.29 is 28.9 Å². The molecule has 0 N–H and O–H groups in total. The first kappa shape index (κ1) is 45.7. The third-order valence-electron chi connectivity index (χ3n) is 8.49. The molecule has 0 bridgehead atoms. The van der Waals surface area contributed by atoms with Crippen LogP contribution in [0.1, 0.15) is 219 Å². The summed E-state index contributed by atoms with van der Waals surface area (Å²) in [5, 5.41) is 0. The Labute approximate surface area is 287 Å². The van der Waals surface area contributed by atoms with Crippen LogP contribution >= 0.6 is 17.1 Å². The van der Waals surface area contributed by atoms with Gasteiger partial charge in [-0.2, -0.15) is 0 Å². The van der Waals surface area contributed by atoms with Crippen molar-refractivity contribution in [1.82, 2.24) is 0 Å². The second-order valence-corrected chi connectivity index (χ2v) is 18.9. The summed E-state index contributed by atoms with van der Waals surface area (Å²) in [6.45, 7) is 5.16. The quantitative estimate of drug-likeness (QED) is 0.0370. The molecule has 0 saturated carbocycles. The summed E-state index contributed by atoms with van der Waals surface area (Å²) in [4.78, 5) is 12.5. The predicted molar refractivity (Wildman–Crippen MR) is 192 cm³/mol. The average Bonchev–Trinajstić information content (AvgIpc) is 2.96. The fourth-order valence-corrected chi connectivity index (χ4v) is 9.07. The third-order valence-corrected chi connectivity index (χ3v) is 12.9. The summed E-state index contributed by atoms with van der Waals surface area (Å²) in [6.07, 6.45) is 43.9. The van der Waals surface area contributed by atoms with Crippen LogP contribution in [0.5, 0.6) is 0 Å². The zero-order valence-electron chi connectivity index (χ0n) is 28.8. The van der Waals surface area contributed by atoms with E-state index in [9.17, 15) is 4.89 Å². The van der Waals surface area contributed by atoms with Crippen LogP contribution in [0.2, 0.25) is 0 Å². The smallest absolute Gasteiger partial charge is 0.793 e. The first-order valence-electron chi connectivity index (χ1n) is 18.7. The zero-order valence-corrected chi connectivity index (χ0v) is 34.3. The van der Waals surface area contributed by atoms with E-state index >= 15 is 0 Å². The van der Waals surface area contributed by atoms with E-state index in [1.54, 1.807) is 0 Å². The first-order chi connectivity index (χ1) is 20.1. The van der Waals surface area contributed by atoms with E-state index in [1.807, 2.05) is 0 Å². The SMILES string of the molecule is CCCCCCCCCCCCCCCCCCOP([O-])(=S)SCCCCCCCCCCCCCCCCCC.[Zn+]. The van der Waals surface area contributed by atoms with E-state index in [2.05, 4.69) is 13.8 Å². The number of unbranched alkanes of at least 4 members (excludes halogenated alkanes) is 30. The van der Waals surface area contributed by atoms with Crippen molar-refractivity contribution in [3.05, 3.63) is 0 Å². The van der Waals surface area contributed by atoms with Crippen LogP contribution in [-0.4, -0.2) is 12.4 Å². The summed E-state index contributed by atoms with van der Waals surface area (Å²) in [5.41, 5.74) is -2.87. The molecule has 0 amide bonds. The van der Waals surface area contributed by atoms with Crippen LogP contribution in [0.4, 0.5) is 0 Å². The summed E-state index contributed by atoms with van der Waals surface area (Å²) >= 11 is 6.66. The van der Waals surface area contributed by atoms with Crippen molar-refractivity contribution in [2.24, 2.45) is 0 Å². The zero-order chi connectivity index (χ0) is 30.0. The maximum absolute atomic E-state index is 12.5. The van der Waals surface area contributed by atoms with Crippen LogP contribution in [0.25, 0.3) is 0 Å². The molecule has 0 aliphatic carbocycles. The Morgan fingerprint density at radius 3 is 0.952 bits per heavy atom. The van der Waals surface area contributed by atoms with E-state index in [0.717, 1.165) is 18.6 Å². The van der Waals surface area contributed by atoms with E-state index in [1.165, 1.54) is 204 Å². The van der Waals surface area contributed by atoms with Gasteiger partial charge in [0.2, 0.25) is 0 Å². The predicted octanol–water partition coefficient (Wildman–Crippen LogP) is 13.8. The fourth-order valence-electron chi connectivity index (χ4n) is 5.69. The Bertz CT molecular complexity index is 497. The van der Waals surface area contributed by atoms with E-state index in [0.29, 0.717) is 6.61 Å². The molecule has 1 radical (unpaired) electrons. The van der Waals surface area contributed by atoms with Gasteiger partial charge in [0.1, 0.15) is 0 Å². The molecule has 0 aromatic rings. The molecule has 0 aromatic carbocycles. The molecule has 2 nitrogen and oxygen atoms in total. The van der Waals surface area contributed by atoms with Crippen molar-refractivity contribution >= 4 is 28.9 Å². The second kappa shape index (κ2) is 38.7. The number of rotatable bonds is 36. The minimum Gasteiger partial charge on any atom is -0.793 e. The molecule has 0 heterocycles. The first-order valence-corrected chi connectivity index (χ1v) is 23.0. The Kier molecular flexibility index (Phi) is 42.1. The van der Waals surface area contributed by atoms with Gasteiger partial charge in [-0.05, 0) is 18.6 Å². The van der Waals surface area contributed by atoms with Crippen molar-refractivity contribution in [2.75, 3.05) is 12.4 Å². The molecular formula is C36H74O2PS2Zn. The van der Waals surface area contributed by atoms with Gasteiger partial charge in [-0.3, -0.25) is 0 Å². The van der Waals surface area contributed by atoms with Crippen molar-refractivity contribution in [2.45, 2.75) is 219 Å². The molecule has 0 fully saturated rings. The molecule has 0 aliphatic rings. The van der Waals surface area contributed by atoms with Crippen molar-refractivity contribution in [1.29, 1.82) is 0 Å². The van der Waals surface area contributed by atoms with E-state index in [4.69, 9.17) is 16.3 Å². The average molecular weight is 699 g/mol. The van der Waals surface area contributed by atoms with Gasteiger partial charge < -0.3 is 9.42 Å². The second-order valence-electron chi connectivity index (χ2n) is 12.7. The van der Waals surface area contributed by atoms with Crippen LogP contribution in [0, 0.1) is 0 Å². The summed E-state index contributed by atoms with van der Waals surface area (Å²) in [7, 11) is 0. The Hall–Kier alpha value is 1.54. The molecule has 0 rings (SSSR count). The van der Waals surface area contributed by atoms with Gasteiger partial charge in [0.25, 0.3) is 0 Å².